The molecule has 0 aliphatic carbocycles. The molecule has 2 aliphatic heterocycles. The summed E-state index contributed by atoms with van der Waals surface area (Å²) in [6, 6.07) is 11.7. The third-order valence-corrected chi connectivity index (χ3v) is 5.33. The summed E-state index contributed by atoms with van der Waals surface area (Å²) in [6.07, 6.45) is -0.398. The van der Waals surface area contributed by atoms with Crippen LogP contribution in [0.4, 0.5) is 5.69 Å². The molecular weight excluding hydrogens is 346 g/mol. The maximum atomic E-state index is 10.3. The highest BCUT2D eigenvalue weighted by Gasteiger charge is 2.34. The summed E-state index contributed by atoms with van der Waals surface area (Å²) in [7, 11) is 5.18. The second-order valence-corrected chi connectivity index (χ2v) is 6.67. The molecule has 2 aliphatic rings. The van der Waals surface area contributed by atoms with Crippen LogP contribution >= 0.6 is 0 Å². The predicted octanol–water partition coefficient (Wildman–Crippen LogP) is 4.04. The van der Waals surface area contributed by atoms with Gasteiger partial charge in [-0.25, -0.2) is 0 Å². The lowest BCUT2D eigenvalue weighted by Crippen LogP contribution is -2.30. The lowest BCUT2D eigenvalue weighted by atomic mass is 9.88. The van der Waals surface area contributed by atoms with Crippen molar-refractivity contribution in [1.82, 2.24) is 0 Å². The smallest absolute Gasteiger partial charge is 0.231 e. The van der Waals surface area contributed by atoms with Gasteiger partial charge >= 0.3 is 0 Å². The van der Waals surface area contributed by atoms with Crippen LogP contribution < -0.4 is 19.1 Å². The fraction of sp³-hybridized carbons (Fsp3) is 0.238. The van der Waals surface area contributed by atoms with Gasteiger partial charge in [-0.15, -0.1) is 0 Å². The predicted molar refractivity (Wildman–Crippen MR) is 102 cm³/mol. The van der Waals surface area contributed by atoms with Crippen LogP contribution in [0.3, 0.4) is 0 Å². The quantitative estimate of drug-likeness (QED) is 0.739. The van der Waals surface area contributed by atoms with E-state index >= 15 is 0 Å². The third kappa shape index (κ3) is 2.10. The number of rotatable bonds is 2. The van der Waals surface area contributed by atoms with Gasteiger partial charge in [0.2, 0.25) is 6.79 Å². The van der Waals surface area contributed by atoms with Gasteiger partial charge in [-0.1, -0.05) is 12.1 Å². The monoisotopic (exact) mass is 365 g/mol. The molecule has 138 valence electrons. The van der Waals surface area contributed by atoms with Gasteiger partial charge in [0.15, 0.2) is 29.2 Å². The maximum absolute atomic E-state index is 10.3. The van der Waals surface area contributed by atoms with Crippen molar-refractivity contribution in [2.24, 2.45) is 0 Å². The van der Waals surface area contributed by atoms with Crippen molar-refractivity contribution in [2.75, 3.05) is 33.0 Å². The number of phenolic OH excluding ortho intramolecular Hbond substituents is 1. The van der Waals surface area contributed by atoms with Gasteiger partial charge in [-0.3, -0.25) is 0 Å². The van der Waals surface area contributed by atoms with Crippen molar-refractivity contribution in [1.29, 1.82) is 0 Å². The summed E-state index contributed by atoms with van der Waals surface area (Å²) in [4.78, 5) is 2.06. The van der Waals surface area contributed by atoms with Crippen molar-refractivity contribution < 1.29 is 24.1 Å². The Labute approximate surface area is 156 Å². The average molecular weight is 365 g/mol. The zero-order valence-electron chi connectivity index (χ0n) is 15.3. The minimum atomic E-state index is -0.398. The molecule has 1 unspecified atom stereocenters. The minimum Gasteiger partial charge on any atom is -0.504 e. The van der Waals surface area contributed by atoms with Gasteiger partial charge in [0.1, 0.15) is 0 Å². The Morgan fingerprint density at radius 1 is 1.04 bits per heavy atom. The number of nitrogens with zero attached hydrogens (tertiary/aromatic N) is 1. The molecule has 0 saturated heterocycles. The van der Waals surface area contributed by atoms with Crippen molar-refractivity contribution >= 4 is 16.5 Å². The van der Waals surface area contributed by atoms with Crippen molar-refractivity contribution in [3.63, 3.8) is 0 Å². The number of fused-ring (bicyclic) bond motifs is 6. The highest BCUT2D eigenvalue weighted by molar-refractivity contribution is 6.05. The molecule has 0 saturated carbocycles. The first kappa shape index (κ1) is 16.1. The topological polar surface area (TPSA) is 60.4 Å². The maximum Gasteiger partial charge on any atom is 0.231 e. The lowest BCUT2D eigenvalue weighted by molar-refractivity contribution is 0.101. The molecule has 0 radical (unpaired) electrons. The SMILES string of the molecule is COc1c(O)ccc2c1C(OC)N(C)c1c-2ccc2cc3c(cc12)OCO3. The number of benzene rings is 3. The molecule has 2 heterocycles. The molecule has 6 nitrogen and oxygen atoms in total. The van der Waals surface area contributed by atoms with E-state index < -0.39 is 6.23 Å². The molecule has 1 N–H and O–H groups in total. The third-order valence-electron chi connectivity index (χ3n) is 5.33. The molecule has 0 bridgehead atoms. The van der Waals surface area contributed by atoms with E-state index in [0.717, 1.165) is 44.6 Å². The van der Waals surface area contributed by atoms with Gasteiger partial charge in [0.05, 0.1) is 18.4 Å². The molecule has 0 aromatic heterocycles. The van der Waals surface area contributed by atoms with Gasteiger partial charge in [0, 0.05) is 25.1 Å². The summed E-state index contributed by atoms with van der Waals surface area (Å²) in [5, 5.41) is 12.4. The van der Waals surface area contributed by atoms with Crippen LogP contribution in [0, 0.1) is 0 Å². The van der Waals surface area contributed by atoms with Gasteiger partial charge in [0.25, 0.3) is 0 Å². The van der Waals surface area contributed by atoms with E-state index in [1.165, 1.54) is 0 Å². The van der Waals surface area contributed by atoms with E-state index in [-0.39, 0.29) is 12.5 Å². The fourth-order valence-corrected chi connectivity index (χ4v) is 4.16. The Hall–Kier alpha value is -3.12. The van der Waals surface area contributed by atoms with Crippen LogP contribution in [0.15, 0.2) is 36.4 Å². The van der Waals surface area contributed by atoms with E-state index in [1.807, 2.05) is 25.2 Å². The molecular formula is C21H19NO5. The zero-order valence-corrected chi connectivity index (χ0v) is 15.3. The molecule has 6 heteroatoms. The van der Waals surface area contributed by atoms with E-state index in [4.69, 9.17) is 18.9 Å². The van der Waals surface area contributed by atoms with Gasteiger partial charge < -0.3 is 29.0 Å². The molecule has 0 fully saturated rings. The summed E-state index contributed by atoms with van der Waals surface area (Å²) >= 11 is 0. The number of ether oxygens (including phenoxy) is 4. The fourth-order valence-electron chi connectivity index (χ4n) is 4.16. The number of hydrogen-bond donors (Lipinski definition) is 1. The Balaban J connectivity index is 1.86. The van der Waals surface area contributed by atoms with Crippen LogP contribution in [0.25, 0.3) is 21.9 Å². The standard InChI is InChI=1S/C21H19NO5/c1-22-19-13(5-4-11-8-16-17(9-14(11)19)27-10-26-16)12-6-7-15(23)20(24-2)18(12)21(22)25-3/h4-9,21,23H,10H2,1-3H3. The van der Waals surface area contributed by atoms with Crippen LogP contribution in [-0.2, 0) is 4.74 Å². The van der Waals surface area contributed by atoms with Crippen LogP contribution in [0.1, 0.15) is 11.8 Å². The molecule has 0 amide bonds. The number of aromatic hydroxyl groups is 1. The van der Waals surface area contributed by atoms with Gasteiger partial charge in [-0.05, 0) is 35.2 Å². The zero-order chi connectivity index (χ0) is 18.7. The van der Waals surface area contributed by atoms with E-state index in [1.54, 1.807) is 20.3 Å². The van der Waals surface area contributed by atoms with Crippen molar-refractivity contribution in [3.8, 4) is 34.1 Å². The Morgan fingerprint density at radius 2 is 1.78 bits per heavy atom. The Morgan fingerprint density at radius 3 is 2.52 bits per heavy atom. The van der Waals surface area contributed by atoms with Gasteiger partial charge in [-0.2, -0.15) is 0 Å². The normalized spacial score (nSPS) is 17.0. The van der Waals surface area contributed by atoms with Crippen LogP contribution in [0.2, 0.25) is 0 Å². The summed E-state index contributed by atoms with van der Waals surface area (Å²) in [5.41, 5.74) is 3.88. The molecule has 0 spiro atoms. The highest BCUT2D eigenvalue weighted by Crippen LogP contribution is 2.53. The number of anilines is 1. The molecule has 5 rings (SSSR count). The highest BCUT2D eigenvalue weighted by atomic mass is 16.7. The summed E-state index contributed by atoms with van der Waals surface area (Å²) in [6.45, 7) is 0.240. The lowest BCUT2D eigenvalue weighted by Gasteiger charge is -2.38. The van der Waals surface area contributed by atoms with Crippen molar-refractivity contribution in [2.45, 2.75) is 6.23 Å². The average Bonchev–Trinajstić information content (AvgIpc) is 3.13. The Bertz CT molecular complexity index is 1080. The number of methoxy groups -OCH3 is 2. The summed E-state index contributed by atoms with van der Waals surface area (Å²) < 4.78 is 22.4. The number of hydrogen-bond acceptors (Lipinski definition) is 6. The summed E-state index contributed by atoms with van der Waals surface area (Å²) in [5.74, 6) is 2.03. The minimum absolute atomic E-state index is 0.0966. The van der Waals surface area contributed by atoms with E-state index in [0.29, 0.717) is 5.75 Å². The van der Waals surface area contributed by atoms with E-state index in [9.17, 15) is 5.11 Å². The largest absolute Gasteiger partial charge is 0.504 e. The second kappa shape index (κ2) is 5.69. The Kier molecular flexibility index (Phi) is 3.39. The molecule has 1 atom stereocenters. The molecule has 3 aromatic rings. The van der Waals surface area contributed by atoms with Crippen LogP contribution in [0.5, 0.6) is 23.0 Å². The first-order valence-electron chi connectivity index (χ1n) is 8.66. The first-order valence-corrected chi connectivity index (χ1v) is 8.66. The second-order valence-electron chi connectivity index (χ2n) is 6.67. The molecule has 3 aromatic carbocycles. The van der Waals surface area contributed by atoms with E-state index in [2.05, 4.69) is 17.0 Å². The number of phenols is 1. The molecule has 27 heavy (non-hydrogen) atoms. The van der Waals surface area contributed by atoms with Crippen LogP contribution in [-0.4, -0.2) is 33.2 Å². The first-order chi connectivity index (χ1) is 13.1. The van der Waals surface area contributed by atoms with Crippen molar-refractivity contribution in [3.05, 3.63) is 42.0 Å².